The summed E-state index contributed by atoms with van der Waals surface area (Å²) < 4.78 is 0. The molecule has 0 aromatic heterocycles. The topological polar surface area (TPSA) is 69.6 Å². The van der Waals surface area contributed by atoms with Gasteiger partial charge in [0.1, 0.15) is 0 Å². The second-order valence-corrected chi connectivity index (χ2v) is 5.50. The Hall–Kier alpha value is -0.610. The maximum atomic E-state index is 10.8. The van der Waals surface area contributed by atoms with Gasteiger partial charge in [-0.15, -0.1) is 0 Å². The smallest absolute Gasteiger partial charge is 0.336 e. The van der Waals surface area contributed by atoms with Crippen molar-refractivity contribution in [1.82, 2.24) is 5.32 Å². The first-order valence-corrected chi connectivity index (χ1v) is 6.62. The summed E-state index contributed by atoms with van der Waals surface area (Å²) in [4.78, 5) is 10.8. The van der Waals surface area contributed by atoms with Gasteiger partial charge in [-0.2, -0.15) is 0 Å². The van der Waals surface area contributed by atoms with E-state index in [0.29, 0.717) is 5.92 Å². The first-order chi connectivity index (χ1) is 7.93. The molecule has 1 aliphatic carbocycles. The van der Waals surface area contributed by atoms with Crippen LogP contribution >= 0.6 is 0 Å². The molecule has 0 heterocycles. The Morgan fingerprint density at radius 3 is 2.35 bits per heavy atom. The van der Waals surface area contributed by atoms with Crippen molar-refractivity contribution < 1.29 is 15.0 Å². The third-order valence-corrected chi connectivity index (χ3v) is 3.84. The monoisotopic (exact) mass is 243 g/mol. The maximum absolute atomic E-state index is 10.8. The summed E-state index contributed by atoms with van der Waals surface area (Å²) in [6.07, 6.45) is 7.59. The molecule has 0 amide bonds. The number of hydrogen-bond acceptors (Lipinski definition) is 3. The predicted molar refractivity (Wildman–Crippen MR) is 66.9 cm³/mol. The maximum Gasteiger partial charge on any atom is 0.336 e. The van der Waals surface area contributed by atoms with Crippen LogP contribution in [-0.2, 0) is 4.79 Å². The molecule has 0 aromatic carbocycles. The fraction of sp³-hybridized carbons (Fsp3) is 0.923. The van der Waals surface area contributed by atoms with Crippen molar-refractivity contribution in [2.45, 2.75) is 64.0 Å². The Labute approximate surface area is 103 Å². The minimum Gasteiger partial charge on any atom is -0.479 e. The van der Waals surface area contributed by atoms with Crippen molar-refractivity contribution in [3.05, 3.63) is 0 Å². The highest BCUT2D eigenvalue weighted by molar-refractivity contribution is 5.76. The summed E-state index contributed by atoms with van der Waals surface area (Å²) in [7, 11) is 0. The van der Waals surface area contributed by atoms with Crippen LogP contribution in [0.1, 0.15) is 52.4 Å². The molecule has 1 unspecified atom stereocenters. The highest BCUT2D eigenvalue weighted by atomic mass is 16.4. The first-order valence-electron chi connectivity index (χ1n) is 6.62. The Kier molecular flexibility index (Phi) is 5.40. The van der Waals surface area contributed by atoms with Gasteiger partial charge >= 0.3 is 5.97 Å². The Balaban J connectivity index is 2.37. The summed E-state index contributed by atoms with van der Waals surface area (Å²) in [5.74, 6) is -0.555. The van der Waals surface area contributed by atoms with Gasteiger partial charge in [-0.3, -0.25) is 0 Å². The zero-order chi connectivity index (χ0) is 12.9. The number of nitrogens with one attached hydrogen (secondary N) is 1. The molecule has 4 heteroatoms. The summed E-state index contributed by atoms with van der Waals surface area (Å²) in [5.41, 5.74) is -1.67. The van der Waals surface area contributed by atoms with Crippen LogP contribution in [0.5, 0.6) is 0 Å². The van der Waals surface area contributed by atoms with Crippen LogP contribution in [-0.4, -0.2) is 34.4 Å². The zero-order valence-electron chi connectivity index (χ0n) is 10.9. The minimum atomic E-state index is -1.67. The number of aliphatic carboxylic acids is 1. The molecule has 17 heavy (non-hydrogen) atoms. The number of carboxylic acid groups (broad SMARTS) is 1. The van der Waals surface area contributed by atoms with E-state index >= 15 is 0 Å². The van der Waals surface area contributed by atoms with Crippen molar-refractivity contribution in [3.8, 4) is 0 Å². The molecule has 2 atom stereocenters. The van der Waals surface area contributed by atoms with Gasteiger partial charge in [-0.25, -0.2) is 4.79 Å². The molecule has 1 saturated carbocycles. The van der Waals surface area contributed by atoms with E-state index < -0.39 is 11.6 Å². The van der Waals surface area contributed by atoms with E-state index in [4.69, 9.17) is 5.11 Å². The zero-order valence-corrected chi connectivity index (χ0v) is 10.9. The van der Waals surface area contributed by atoms with Crippen LogP contribution in [0.2, 0.25) is 0 Å². The number of carboxylic acids is 1. The molecule has 0 bridgehead atoms. The third-order valence-electron chi connectivity index (χ3n) is 3.84. The van der Waals surface area contributed by atoms with Crippen LogP contribution < -0.4 is 5.32 Å². The lowest BCUT2D eigenvalue weighted by atomic mass is 9.92. The molecule has 1 rings (SSSR count). The van der Waals surface area contributed by atoms with Crippen molar-refractivity contribution in [1.29, 1.82) is 0 Å². The second kappa shape index (κ2) is 6.36. The van der Waals surface area contributed by atoms with Crippen molar-refractivity contribution in [3.63, 3.8) is 0 Å². The van der Waals surface area contributed by atoms with Crippen LogP contribution in [0.3, 0.4) is 0 Å². The molecule has 4 nitrogen and oxygen atoms in total. The quantitative estimate of drug-likeness (QED) is 0.644. The van der Waals surface area contributed by atoms with E-state index in [1.165, 1.54) is 45.4 Å². The molecule has 3 N–H and O–H groups in total. The summed E-state index contributed by atoms with van der Waals surface area (Å²) >= 11 is 0. The van der Waals surface area contributed by atoms with Crippen molar-refractivity contribution in [2.24, 2.45) is 5.92 Å². The Morgan fingerprint density at radius 1 is 1.35 bits per heavy atom. The lowest BCUT2D eigenvalue weighted by Gasteiger charge is -2.27. The number of aliphatic hydroxyl groups is 1. The average molecular weight is 243 g/mol. The normalized spacial score (nSPS) is 23.7. The second-order valence-electron chi connectivity index (χ2n) is 5.50. The standard InChI is InChI=1S/C13H25NO3/c1-10(11-7-5-3-4-6-8-11)14-9-13(2,17)12(15)16/h10-11,14,17H,3-9H2,1-2H3,(H,15,16)/t10-,13?/m1/s1. The number of rotatable bonds is 5. The van der Waals surface area contributed by atoms with Crippen LogP contribution in [0, 0.1) is 5.92 Å². The molecular weight excluding hydrogens is 218 g/mol. The van der Waals surface area contributed by atoms with Gasteiger partial charge in [0.05, 0.1) is 0 Å². The van der Waals surface area contributed by atoms with E-state index in [-0.39, 0.29) is 12.6 Å². The van der Waals surface area contributed by atoms with E-state index in [0.717, 1.165) is 0 Å². The minimum absolute atomic E-state index is 0.111. The third kappa shape index (κ3) is 4.64. The molecule has 0 saturated heterocycles. The lowest BCUT2D eigenvalue weighted by Crippen LogP contribution is -2.48. The Morgan fingerprint density at radius 2 is 1.88 bits per heavy atom. The molecule has 1 aliphatic rings. The summed E-state index contributed by atoms with van der Waals surface area (Å²) in [5, 5.41) is 21.6. The number of hydrogen-bond donors (Lipinski definition) is 3. The molecule has 0 aliphatic heterocycles. The number of carbonyl (C=O) groups is 1. The van der Waals surface area contributed by atoms with Crippen molar-refractivity contribution in [2.75, 3.05) is 6.54 Å². The van der Waals surface area contributed by atoms with Gasteiger partial charge in [-0.1, -0.05) is 25.7 Å². The Bertz CT molecular complexity index is 245. The van der Waals surface area contributed by atoms with Gasteiger partial charge in [0.15, 0.2) is 5.60 Å². The highest BCUT2D eigenvalue weighted by Crippen LogP contribution is 2.25. The predicted octanol–water partition coefficient (Wildman–Crippen LogP) is 1.77. The molecule has 100 valence electrons. The van der Waals surface area contributed by atoms with E-state index in [9.17, 15) is 9.90 Å². The van der Waals surface area contributed by atoms with Gasteiger partial charge in [0.2, 0.25) is 0 Å². The molecule has 0 aromatic rings. The molecule has 1 fully saturated rings. The average Bonchev–Trinajstić information content (AvgIpc) is 2.54. The van der Waals surface area contributed by atoms with E-state index in [2.05, 4.69) is 12.2 Å². The van der Waals surface area contributed by atoms with Gasteiger partial charge < -0.3 is 15.5 Å². The van der Waals surface area contributed by atoms with Gasteiger partial charge in [-0.05, 0) is 32.6 Å². The highest BCUT2D eigenvalue weighted by Gasteiger charge is 2.31. The molecule has 0 radical (unpaired) electrons. The van der Waals surface area contributed by atoms with E-state index in [1.54, 1.807) is 0 Å². The lowest BCUT2D eigenvalue weighted by molar-refractivity contribution is -0.156. The fourth-order valence-electron chi connectivity index (χ4n) is 2.41. The SMILES string of the molecule is C[C@@H](NCC(C)(O)C(=O)O)C1CCCCCC1. The van der Waals surface area contributed by atoms with Crippen molar-refractivity contribution >= 4 is 5.97 Å². The molecular formula is C13H25NO3. The van der Waals surface area contributed by atoms with Crippen LogP contribution in [0.4, 0.5) is 0 Å². The van der Waals surface area contributed by atoms with Crippen LogP contribution in [0.15, 0.2) is 0 Å². The van der Waals surface area contributed by atoms with Crippen LogP contribution in [0.25, 0.3) is 0 Å². The largest absolute Gasteiger partial charge is 0.479 e. The first kappa shape index (κ1) is 14.5. The summed E-state index contributed by atoms with van der Waals surface area (Å²) in [6, 6.07) is 0.277. The van der Waals surface area contributed by atoms with Gasteiger partial charge in [0, 0.05) is 12.6 Å². The van der Waals surface area contributed by atoms with E-state index in [1.807, 2.05) is 0 Å². The molecule has 0 spiro atoms. The summed E-state index contributed by atoms with van der Waals surface area (Å²) in [6.45, 7) is 3.54. The fourth-order valence-corrected chi connectivity index (χ4v) is 2.41. The van der Waals surface area contributed by atoms with Gasteiger partial charge in [0.25, 0.3) is 0 Å².